The maximum absolute atomic E-state index is 12.4. The van der Waals surface area contributed by atoms with Crippen LogP contribution >= 0.6 is 23.4 Å². The highest BCUT2D eigenvalue weighted by atomic mass is 35.5. The summed E-state index contributed by atoms with van der Waals surface area (Å²) >= 11 is 7.14. The summed E-state index contributed by atoms with van der Waals surface area (Å²) in [7, 11) is 1.53. The lowest BCUT2D eigenvalue weighted by Crippen LogP contribution is -2.29. The Morgan fingerprint density at radius 2 is 2.00 bits per heavy atom. The summed E-state index contributed by atoms with van der Waals surface area (Å²) in [5.74, 6) is 0.106. The van der Waals surface area contributed by atoms with Gasteiger partial charge in [-0.1, -0.05) is 59.8 Å². The molecule has 3 rings (SSSR count). The lowest BCUT2D eigenvalue weighted by Gasteiger charge is -2.06. The van der Waals surface area contributed by atoms with Crippen molar-refractivity contribution in [3.05, 3.63) is 67.8 Å². The Bertz CT molecular complexity index is 1140. The van der Waals surface area contributed by atoms with E-state index in [0.29, 0.717) is 22.3 Å². The highest BCUT2D eigenvalue weighted by Gasteiger charge is 2.18. The third kappa shape index (κ3) is 4.06. The predicted octanol–water partition coefficient (Wildman–Crippen LogP) is 2.54. The first-order valence-electron chi connectivity index (χ1n) is 8.11. The van der Waals surface area contributed by atoms with Crippen molar-refractivity contribution in [3.63, 3.8) is 0 Å². The number of aryl methyl sites for hydroxylation is 1. The van der Waals surface area contributed by atoms with E-state index in [4.69, 9.17) is 11.6 Å². The Labute approximate surface area is 163 Å². The van der Waals surface area contributed by atoms with Gasteiger partial charge in [-0.25, -0.2) is 9.78 Å². The standard InChI is InChI=1S/C18H17ClN4O3S/c1-11(19)8-9-23-14-15(22(2)17(26)21-16(14)25)20-18(23)27-10-13(24)12-6-4-3-5-7-12/h3-8H,9-10H2,1-2H3,(H,21,25,26)/b11-8-. The number of ketones is 1. The number of Topliss-reactive ketones (excluding diaryl/α,β-unsaturated/α-hetero) is 1. The molecule has 0 fully saturated rings. The molecule has 27 heavy (non-hydrogen) atoms. The van der Waals surface area contributed by atoms with Crippen LogP contribution in [0.1, 0.15) is 17.3 Å². The summed E-state index contributed by atoms with van der Waals surface area (Å²) in [5, 5.41) is 1.03. The SMILES string of the molecule is C/C(Cl)=C/Cn1c(SCC(=O)c2ccccc2)nc2c1c(=O)[nH]c(=O)n2C. The Morgan fingerprint density at radius 3 is 2.67 bits per heavy atom. The maximum Gasteiger partial charge on any atom is 0.329 e. The number of nitrogens with one attached hydrogen (secondary N) is 1. The molecule has 140 valence electrons. The van der Waals surface area contributed by atoms with Crippen LogP contribution in [0.25, 0.3) is 11.2 Å². The second kappa shape index (κ2) is 7.98. The zero-order valence-electron chi connectivity index (χ0n) is 14.7. The van der Waals surface area contributed by atoms with Crippen LogP contribution < -0.4 is 11.2 Å². The molecule has 0 aliphatic heterocycles. The maximum atomic E-state index is 12.4. The molecule has 0 atom stereocenters. The molecular weight excluding hydrogens is 388 g/mol. The van der Waals surface area contributed by atoms with Crippen LogP contribution in [0.2, 0.25) is 0 Å². The van der Waals surface area contributed by atoms with E-state index in [9.17, 15) is 14.4 Å². The summed E-state index contributed by atoms with van der Waals surface area (Å²) in [6.45, 7) is 2.03. The zero-order chi connectivity index (χ0) is 19.6. The largest absolute Gasteiger partial charge is 0.329 e. The molecule has 7 nitrogen and oxygen atoms in total. The van der Waals surface area contributed by atoms with E-state index >= 15 is 0 Å². The normalized spacial score (nSPS) is 11.9. The minimum absolute atomic E-state index is 0.0499. The average Bonchev–Trinajstić information content (AvgIpc) is 3.02. The van der Waals surface area contributed by atoms with Crippen molar-refractivity contribution in [3.8, 4) is 0 Å². The molecule has 0 unspecified atom stereocenters. The quantitative estimate of drug-likeness (QED) is 0.503. The smallest absolute Gasteiger partial charge is 0.309 e. The van der Waals surface area contributed by atoms with Crippen LogP contribution in [0.3, 0.4) is 0 Å². The predicted molar refractivity (Wildman–Crippen MR) is 107 cm³/mol. The number of H-pyrrole nitrogens is 1. The first-order valence-corrected chi connectivity index (χ1v) is 9.47. The fourth-order valence-electron chi connectivity index (χ4n) is 2.55. The van der Waals surface area contributed by atoms with Crippen molar-refractivity contribution in [1.29, 1.82) is 0 Å². The minimum atomic E-state index is -0.543. The van der Waals surface area contributed by atoms with E-state index < -0.39 is 11.2 Å². The molecule has 0 aliphatic rings. The van der Waals surface area contributed by atoms with E-state index in [-0.39, 0.29) is 22.7 Å². The number of fused-ring (bicyclic) bond motifs is 1. The van der Waals surface area contributed by atoms with Crippen molar-refractivity contribution < 1.29 is 4.79 Å². The molecule has 0 bridgehead atoms. The van der Waals surface area contributed by atoms with Gasteiger partial charge in [-0.05, 0) is 6.92 Å². The number of carbonyl (C=O) groups is 1. The van der Waals surface area contributed by atoms with Crippen LogP contribution in [-0.4, -0.2) is 30.6 Å². The molecule has 2 aromatic heterocycles. The fourth-order valence-corrected chi connectivity index (χ4v) is 3.52. The Hall–Kier alpha value is -2.58. The molecule has 3 aromatic rings. The van der Waals surface area contributed by atoms with Gasteiger partial charge in [-0.3, -0.25) is 19.1 Å². The molecule has 2 heterocycles. The Kier molecular flexibility index (Phi) is 5.67. The van der Waals surface area contributed by atoms with Gasteiger partial charge in [0.1, 0.15) is 0 Å². The van der Waals surface area contributed by atoms with E-state index in [0.717, 1.165) is 0 Å². The lowest BCUT2D eigenvalue weighted by molar-refractivity contribution is 0.102. The molecule has 1 aromatic carbocycles. The number of nitrogens with zero attached hydrogens (tertiary/aromatic N) is 3. The van der Waals surface area contributed by atoms with E-state index in [1.165, 1.54) is 23.4 Å². The number of benzene rings is 1. The summed E-state index contributed by atoms with van der Waals surface area (Å²) in [6, 6.07) is 8.95. The third-order valence-corrected chi connectivity index (χ3v) is 5.09. The first-order chi connectivity index (χ1) is 12.9. The number of thioether (sulfide) groups is 1. The Morgan fingerprint density at radius 1 is 1.30 bits per heavy atom. The number of hydrogen-bond donors (Lipinski definition) is 1. The number of aromatic amines is 1. The number of aromatic nitrogens is 4. The van der Waals surface area contributed by atoms with Crippen molar-refractivity contribution in [2.75, 3.05) is 5.75 Å². The first kappa shape index (κ1) is 19.2. The van der Waals surface area contributed by atoms with Gasteiger partial charge in [0.15, 0.2) is 22.1 Å². The van der Waals surface area contributed by atoms with E-state index in [2.05, 4.69) is 9.97 Å². The number of hydrogen-bond acceptors (Lipinski definition) is 5. The van der Waals surface area contributed by atoms with Gasteiger partial charge >= 0.3 is 5.69 Å². The van der Waals surface area contributed by atoms with Crippen LogP contribution in [0, 0.1) is 0 Å². The molecule has 0 aliphatic carbocycles. The molecule has 0 saturated carbocycles. The number of halogens is 1. The fraction of sp³-hybridized carbons (Fsp3) is 0.222. The molecule has 0 saturated heterocycles. The average molecular weight is 405 g/mol. The highest BCUT2D eigenvalue weighted by Crippen LogP contribution is 2.23. The molecular formula is C18H17ClN4O3S. The minimum Gasteiger partial charge on any atom is -0.309 e. The Balaban J connectivity index is 2.02. The summed E-state index contributed by atoms with van der Waals surface area (Å²) < 4.78 is 2.93. The number of imidazole rings is 1. The van der Waals surface area contributed by atoms with E-state index in [1.807, 2.05) is 6.07 Å². The number of rotatable bonds is 6. The van der Waals surface area contributed by atoms with E-state index in [1.54, 1.807) is 41.8 Å². The molecule has 1 N–H and O–H groups in total. The van der Waals surface area contributed by atoms with Gasteiger partial charge in [0.2, 0.25) is 0 Å². The lowest BCUT2D eigenvalue weighted by atomic mass is 10.2. The molecule has 0 spiro atoms. The second-order valence-electron chi connectivity index (χ2n) is 5.86. The van der Waals surface area contributed by atoms with Crippen LogP contribution in [-0.2, 0) is 13.6 Å². The number of allylic oxidation sites excluding steroid dienone is 2. The number of carbonyl (C=O) groups excluding carboxylic acids is 1. The third-order valence-electron chi connectivity index (χ3n) is 3.96. The summed E-state index contributed by atoms with van der Waals surface area (Å²) in [5.41, 5.74) is 0.0648. The van der Waals surface area contributed by atoms with Crippen molar-refractivity contribution in [2.24, 2.45) is 7.05 Å². The van der Waals surface area contributed by atoms with Gasteiger partial charge in [-0.2, -0.15) is 0 Å². The van der Waals surface area contributed by atoms with Crippen molar-refractivity contribution >= 4 is 40.3 Å². The van der Waals surface area contributed by atoms with Crippen LogP contribution in [0.4, 0.5) is 0 Å². The monoisotopic (exact) mass is 404 g/mol. The summed E-state index contributed by atoms with van der Waals surface area (Å²) in [4.78, 5) is 43.3. The highest BCUT2D eigenvalue weighted by molar-refractivity contribution is 7.99. The molecule has 9 heteroatoms. The van der Waals surface area contributed by atoms with Gasteiger partial charge in [-0.15, -0.1) is 0 Å². The molecule has 0 radical (unpaired) electrons. The summed E-state index contributed by atoms with van der Waals surface area (Å²) in [6.07, 6.45) is 1.73. The van der Waals surface area contributed by atoms with Crippen molar-refractivity contribution in [1.82, 2.24) is 19.1 Å². The zero-order valence-corrected chi connectivity index (χ0v) is 16.3. The van der Waals surface area contributed by atoms with Gasteiger partial charge < -0.3 is 4.57 Å². The topological polar surface area (TPSA) is 89.8 Å². The van der Waals surface area contributed by atoms with Gasteiger partial charge in [0.25, 0.3) is 5.56 Å². The van der Waals surface area contributed by atoms with Gasteiger partial charge in [0, 0.05) is 24.2 Å². The van der Waals surface area contributed by atoms with Crippen LogP contribution in [0.5, 0.6) is 0 Å². The van der Waals surface area contributed by atoms with Crippen LogP contribution in [0.15, 0.2) is 56.2 Å². The molecule has 0 amide bonds. The second-order valence-corrected chi connectivity index (χ2v) is 7.40. The van der Waals surface area contributed by atoms with Gasteiger partial charge in [0.05, 0.1) is 5.75 Å². The van der Waals surface area contributed by atoms with Crippen molar-refractivity contribution in [2.45, 2.75) is 18.6 Å².